The zero-order valence-electron chi connectivity index (χ0n) is 15.1. The SMILES string of the molecule is CC(C)(O)c1nc(N2C[C@@H]3CN=C(N)S[C@@]3(c3cccnc3)C2)ncc1F. The van der Waals surface area contributed by atoms with E-state index in [1.807, 2.05) is 23.2 Å². The van der Waals surface area contributed by atoms with E-state index in [1.165, 1.54) is 25.6 Å². The molecule has 4 rings (SSSR count). The standard InChI is InChI=1S/C18H21FN6OS/c1-17(2,26)14-13(19)8-23-16(24-14)25-9-12-7-22-15(20)27-18(12,10-25)11-4-3-5-21-6-11/h3-6,8,12,26H,7,9-10H2,1-2H3,(H2,20,22)/t12-,18+/m0/s1. The van der Waals surface area contributed by atoms with Crippen molar-refractivity contribution >= 4 is 22.9 Å². The average molecular weight is 388 g/mol. The zero-order valence-corrected chi connectivity index (χ0v) is 15.9. The average Bonchev–Trinajstić information content (AvgIpc) is 3.02. The maximum absolute atomic E-state index is 14.1. The van der Waals surface area contributed by atoms with E-state index in [1.54, 1.807) is 6.20 Å². The fourth-order valence-corrected chi connectivity index (χ4v) is 5.01. The van der Waals surface area contributed by atoms with Crippen LogP contribution in [0.4, 0.5) is 10.3 Å². The highest BCUT2D eigenvalue weighted by Crippen LogP contribution is 2.50. The minimum atomic E-state index is -1.39. The number of fused-ring (bicyclic) bond motifs is 1. The second kappa shape index (κ2) is 6.42. The van der Waals surface area contributed by atoms with Gasteiger partial charge in [0.05, 0.1) is 10.9 Å². The van der Waals surface area contributed by atoms with Crippen LogP contribution in [0.1, 0.15) is 25.1 Å². The highest BCUT2D eigenvalue weighted by Gasteiger charge is 2.51. The van der Waals surface area contributed by atoms with E-state index >= 15 is 0 Å². The summed E-state index contributed by atoms with van der Waals surface area (Å²) in [6.45, 7) is 4.88. The Kier molecular flexibility index (Phi) is 4.31. The molecule has 0 radical (unpaired) electrons. The van der Waals surface area contributed by atoms with Crippen LogP contribution in [0.25, 0.3) is 0 Å². The Labute approximate surface area is 160 Å². The third-order valence-corrected chi connectivity index (χ3v) is 6.42. The van der Waals surface area contributed by atoms with Crippen molar-refractivity contribution < 1.29 is 9.50 Å². The first-order valence-electron chi connectivity index (χ1n) is 8.69. The third-order valence-electron chi connectivity index (χ3n) is 5.02. The molecule has 1 saturated heterocycles. The van der Waals surface area contributed by atoms with Gasteiger partial charge >= 0.3 is 0 Å². The van der Waals surface area contributed by atoms with Gasteiger partial charge in [-0.3, -0.25) is 9.98 Å². The maximum atomic E-state index is 14.1. The van der Waals surface area contributed by atoms with Crippen LogP contribution < -0.4 is 10.6 Å². The molecule has 0 bridgehead atoms. The van der Waals surface area contributed by atoms with Crippen molar-refractivity contribution in [1.29, 1.82) is 0 Å². The first kappa shape index (κ1) is 18.1. The summed E-state index contributed by atoms with van der Waals surface area (Å²) >= 11 is 1.54. The van der Waals surface area contributed by atoms with Crippen LogP contribution in [0, 0.1) is 11.7 Å². The molecule has 4 heterocycles. The summed E-state index contributed by atoms with van der Waals surface area (Å²) in [5.74, 6) is -0.0320. The Bertz CT molecular complexity index is 887. The molecule has 1 fully saturated rings. The van der Waals surface area contributed by atoms with Gasteiger partial charge in [-0.15, -0.1) is 0 Å². The van der Waals surface area contributed by atoms with E-state index in [2.05, 4.69) is 19.9 Å². The number of hydrogen-bond acceptors (Lipinski definition) is 8. The van der Waals surface area contributed by atoms with Crippen molar-refractivity contribution in [3.8, 4) is 0 Å². The number of aromatic nitrogens is 3. The van der Waals surface area contributed by atoms with Crippen LogP contribution in [-0.2, 0) is 10.3 Å². The summed E-state index contributed by atoms with van der Waals surface area (Å²) in [6.07, 6.45) is 4.72. The maximum Gasteiger partial charge on any atom is 0.225 e. The molecule has 2 atom stereocenters. The number of hydrogen-bond donors (Lipinski definition) is 2. The largest absolute Gasteiger partial charge is 0.384 e. The predicted octanol–water partition coefficient (Wildman–Crippen LogP) is 1.63. The van der Waals surface area contributed by atoms with E-state index in [0.717, 1.165) is 11.8 Å². The fraction of sp³-hybridized carbons (Fsp3) is 0.444. The quantitative estimate of drug-likeness (QED) is 0.824. The van der Waals surface area contributed by atoms with Crippen molar-refractivity contribution in [3.63, 3.8) is 0 Å². The van der Waals surface area contributed by atoms with Gasteiger partial charge in [0.1, 0.15) is 11.3 Å². The van der Waals surface area contributed by atoms with Gasteiger partial charge in [-0.2, -0.15) is 0 Å². The van der Waals surface area contributed by atoms with Crippen LogP contribution in [0.5, 0.6) is 0 Å². The highest BCUT2D eigenvalue weighted by molar-refractivity contribution is 8.14. The van der Waals surface area contributed by atoms with Gasteiger partial charge in [0, 0.05) is 37.9 Å². The third kappa shape index (κ3) is 3.14. The molecule has 2 aliphatic rings. The summed E-state index contributed by atoms with van der Waals surface area (Å²) in [5.41, 5.74) is 5.73. The van der Waals surface area contributed by atoms with Gasteiger partial charge in [-0.25, -0.2) is 14.4 Å². The minimum absolute atomic E-state index is 0.0128. The van der Waals surface area contributed by atoms with E-state index < -0.39 is 11.4 Å². The molecule has 7 nitrogen and oxygen atoms in total. The minimum Gasteiger partial charge on any atom is -0.384 e. The van der Waals surface area contributed by atoms with E-state index in [0.29, 0.717) is 30.8 Å². The molecule has 2 aromatic rings. The lowest BCUT2D eigenvalue weighted by molar-refractivity contribution is 0.0693. The summed E-state index contributed by atoms with van der Waals surface area (Å²) < 4.78 is 13.8. The second-order valence-electron chi connectivity index (χ2n) is 7.42. The second-order valence-corrected chi connectivity index (χ2v) is 8.77. The van der Waals surface area contributed by atoms with Crippen LogP contribution in [0.2, 0.25) is 0 Å². The first-order valence-corrected chi connectivity index (χ1v) is 9.51. The molecule has 0 amide bonds. The normalized spacial score (nSPS) is 25.3. The number of pyridine rings is 1. The van der Waals surface area contributed by atoms with Gasteiger partial charge in [-0.1, -0.05) is 17.8 Å². The van der Waals surface area contributed by atoms with Crippen molar-refractivity contribution in [2.45, 2.75) is 24.2 Å². The summed E-state index contributed by atoms with van der Waals surface area (Å²) in [6, 6.07) is 3.95. The molecule has 0 spiro atoms. The van der Waals surface area contributed by atoms with E-state index in [9.17, 15) is 9.50 Å². The molecule has 27 heavy (non-hydrogen) atoms. The topological polar surface area (TPSA) is 101 Å². The molecule has 0 saturated carbocycles. The van der Waals surface area contributed by atoms with Crippen LogP contribution >= 0.6 is 11.8 Å². The number of aliphatic imine (C=N–C) groups is 1. The Morgan fingerprint density at radius 1 is 1.41 bits per heavy atom. The zero-order chi connectivity index (χ0) is 19.2. The number of anilines is 1. The smallest absolute Gasteiger partial charge is 0.225 e. The lowest BCUT2D eigenvalue weighted by Gasteiger charge is -2.35. The Hall–Kier alpha value is -2.26. The summed E-state index contributed by atoms with van der Waals surface area (Å²) in [5, 5.41) is 10.8. The molecular formula is C18H21FN6OS. The number of thioether (sulfide) groups is 1. The predicted molar refractivity (Wildman–Crippen MR) is 103 cm³/mol. The molecule has 2 aromatic heterocycles. The van der Waals surface area contributed by atoms with E-state index in [4.69, 9.17) is 5.73 Å². The molecule has 3 N–H and O–H groups in total. The molecule has 142 valence electrons. The Balaban J connectivity index is 1.73. The van der Waals surface area contributed by atoms with Crippen molar-refractivity contribution in [2.75, 3.05) is 24.5 Å². The molecule has 2 aliphatic heterocycles. The number of nitrogens with two attached hydrogens (primary N) is 1. The van der Waals surface area contributed by atoms with Crippen molar-refractivity contribution in [2.24, 2.45) is 16.6 Å². The molecule has 0 unspecified atom stereocenters. The van der Waals surface area contributed by atoms with Gasteiger partial charge in [0.15, 0.2) is 11.0 Å². The monoisotopic (exact) mass is 388 g/mol. The molecule has 0 aromatic carbocycles. The van der Waals surface area contributed by atoms with Gasteiger partial charge in [-0.05, 0) is 25.5 Å². The van der Waals surface area contributed by atoms with Gasteiger partial charge in [0.2, 0.25) is 5.95 Å². The molecule has 9 heteroatoms. The van der Waals surface area contributed by atoms with Gasteiger partial charge < -0.3 is 15.7 Å². The first-order chi connectivity index (χ1) is 12.8. The fourth-order valence-electron chi connectivity index (χ4n) is 3.72. The summed E-state index contributed by atoms with van der Waals surface area (Å²) in [4.78, 5) is 19.2. The van der Waals surface area contributed by atoms with Crippen LogP contribution in [-0.4, -0.2) is 44.9 Å². The van der Waals surface area contributed by atoms with Crippen molar-refractivity contribution in [1.82, 2.24) is 15.0 Å². The van der Waals surface area contributed by atoms with E-state index in [-0.39, 0.29) is 16.4 Å². The summed E-state index contributed by atoms with van der Waals surface area (Å²) in [7, 11) is 0. The Morgan fingerprint density at radius 3 is 2.93 bits per heavy atom. The Morgan fingerprint density at radius 2 is 2.22 bits per heavy atom. The highest BCUT2D eigenvalue weighted by atomic mass is 32.2. The lowest BCUT2D eigenvalue weighted by Crippen LogP contribution is -2.39. The van der Waals surface area contributed by atoms with Crippen LogP contribution in [0.3, 0.4) is 0 Å². The molecule has 0 aliphatic carbocycles. The number of nitrogens with zero attached hydrogens (tertiary/aromatic N) is 5. The number of aliphatic hydroxyl groups is 1. The number of rotatable bonds is 3. The van der Waals surface area contributed by atoms with Crippen LogP contribution in [0.15, 0.2) is 35.7 Å². The number of amidine groups is 1. The molecular weight excluding hydrogens is 367 g/mol. The van der Waals surface area contributed by atoms with Crippen molar-refractivity contribution in [3.05, 3.63) is 47.8 Å². The lowest BCUT2D eigenvalue weighted by atomic mass is 9.88. The number of halogens is 1. The van der Waals surface area contributed by atoms with Gasteiger partial charge in [0.25, 0.3) is 0 Å².